The van der Waals surface area contributed by atoms with Crippen LogP contribution in [0.15, 0.2) is 30.3 Å². The van der Waals surface area contributed by atoms with Gasteiger partial charge in [0.05, 0.1) is 0 Å². The maximum atomic E-state index is 3.83. The van der Waals surface area contributed by atoms with E-state index in [0.29, 0.717) is 0 Å². The fourth-order valence-electron chi connectivity index (χ4n) is 1.33. The summed E-state index contributed by atoms with van der Waals surface area (Å²) in [5, 5.41) is 0. The normalized spacial score (nSPS) is 9.31. The Morgan fingerprint density at radius 3 is 2.23 bits per heavy atom. The van der Waals surface area contributed by atoms with Crippen LogP contribution in [0.5, 0.6) is 0 Å². The summed E-state index contributed by atoms with van der Waals surface area (Å²) in [7, 11) is 0. The molecule has 13 heavy (non-hydrogen) atoms. The molecule has 1 heteroatoms. The van der Waals surface area contributed by atoms with Crippen molar-refractivity contribution in [1.82, 2.24) is 0 Å². The number of hydrogen-bond acceptors (Lipinski definition) is 0. The zero-order valence-corrected chi connectivity index (χ0v) is 11.0. The van der Waals surface area contributed by atoms with E-state index in [-0.39, 0.29) is 32.7 Å². The van der Waals surface area contributed by atoms with Crippen LogP contribution in [0, 0.1) is 6.92 Å². The summed E-state index contributed by atoms with van der Waals surface area (Å²) in [5.74, 6) is 0. The van der Waals surface area contributed by atoms with Gasteiger partial charge in [-0.25, -0.2) is 0 Å². The first-order valence-corrected chi connectivity index (χ1v) is 4.76. The molecule has 0 saturated heterocycles. The molecule has 1 aromatic rings. The molecule has 1 radical (unpaired) electrons. The van der Waals surface area contributed by atoms with Crippen LogP contribution in [0.4, 0.5) is 0 Å². The molecule has 0 heterocycles. The van der Waals surface area contributed by atoms with Gasteiger partial charge in [-0.15, -0.1) is 0 Å². The van der Waals surface area contributed by atoms with Crippen LogP contribution in [0.3, 0.4) is 0 Å². The predicted octanol–water partition coefficient (Wildman–Crippen LogP) is 3.62. The van der Waals surface area contributed by atoms with Gasteiger partial charge < -0.3 is 6.92 Å². The summed E-state index contributed by atoms with van der Waals surface area (Å²) in [4.78, 5) is 0. The van der Waals surface area contributed by atoms with E-state index >= 15 is 0 Å². The van der Waals surface area contributed by atoms with E-state index in [1.165, 1.54) is 31.2 Å². The quantitative estimate of drug-likeness (QED) is 0.553. The molecule has 1 rings (SSSR count). The third-order valence-corrected chi connectivity index (χ3v) is 2.06. The first-order chi connectivity index (χ1) is 5.93. The van der Waals surface area contributed by atoms with Gasteiger partial charge in [0.25, 0.3) is 0 Å². The van der Waals surface area contributed by atoms with Crippen LogP contribution in [0.1, 0.15) is 31.2 Å². The van der Waals surface area contributed by atoms with Gasteiger partial charge in [-0.1, -0.05) is 43.2 Å². The maximum absolute atomic E-state index is 3.83. The Morgan fingerprint density at radius 2 is 1.62 bits per heavy atom. The second-order valence-corrected chi connectivity index (χ2v) is 3.15. The van der Waals surface area contributed by atoms with Crippen molar-refractivity contribution in [2.75, 3.05) is 0 Å². The molecule has 0 amide bonds. The van der Waals surface area contributed by atoms with Gasteiger partial charge in [0, 0.05) is 32.7 Å². The Balaban J connectivity index is 0.00000144. The average Bonchev–Trinajstić information content (AvgIpc) is 2.14. The van der Waals surface area contributed by atoms with Crippen molar-refractivity contribution in [1.29, 1.82) is 0 Å². The smallest absolute Gasteiger partial charge is 0 e. The molecule has 0 nitrogen and oxygen atoms in total. The van der Waals surface area contributed by atoms with Gasteiger partial charge in [-0.3, -0.25) is 0 Å². The largest absolute Gasteiger partial charge is 0.343 e. The van der Waals surface area contributed by atoms with Crippen LogP contribution in [0.2, 0.25) is 0 Å². The number of hydrogen-bond donors (Lipinski definition) is 0. The fraction of sp³-hybridized carbons (Fsp3) is 0.417. The molecule has 0 aliphatic carbocycles. The van der Waals surface area contributed by atoms with E-state index in [1.807, 2.05) is 0 Å². The molecule has 0 fully saturated rings. The number of aryl methyl sites for hydroxylation is 1. The number of benzene rings is 1. The maximum Gasteiger partial charge on any atom is 0 e. The Bertz CT molecular complexity index is 194. The third kappa shape index (κ3) is 6.40. The van der Waals surface area contributed by atoms with Crippen molar-refractivity contribution in [2.45, 2.75) is 32.1 Å². The minimum atomic E-state index is 0. The molecule has 1 aromatic carbocycles. The van der Waals surface area contributed by atoms with Gasteiger partial charge in [0.15, 0.2) is 0 Å². The van der Waals surface area contributed by atoms with Gasteiger partial charge in [-0.2, -0.15) is 6.42 Å². The van der Waals surface area contributed by atoms with E-state index in [2.05, 4.69) is 37.3 Å². The molecule has 69 valence electrons. The molecule has 0 unspecified atom stereocenters. The Hall–Kier alpha value is 0.324. The van der Waals surface area contributed by atoms with Gasteiger partial charge in [-0.05, 0) is 18.4 Å². The van der Waals surface area contributed by atoms with E-state index in [4.69, 9.17) is 0 Å². The summed E-state index contributed by atoms with van der Waals surface area (Å²) >= 11 is 0. The summed E-state index contributed by atoms with van der Waals surface area (Å²) < 4.78 is 0. The first kappa shape index (κ1) is 13.3. The van der Waals surface area contributed by atoms with Crippen molar-refractivity contribution in [3.63, 3.8) is 0 Å². The van der Waals surface area contributed by atoms with Crippen molar-refractivity contribution in [3.05, 3.63) is 42.8 Å². The summed E-state index contributed by atoms with van der Waals surface area (Å²) in [6.45, 7) is 3.83. The second kappa shape index (κ2) is 8.90. The first-order valence-electron chi connectivity index (χ1n) is 4.76. The molecule has 0 saturated carbocycles. The van der Waals surface area contributed by atoms with Gasteiger partial charge in [0.2, 0.25) is 0 Å². The monoisotopic (exact) mass is 250 g/mol. The molecular formula is C12H17Y-. The standard InChI is InChI=1S/C12H17.Y/c1-2-3-4-6-9-12-10-7-5-8-11-12;/h5,7-8,10-11H,1-4,6,9H2;/q-1;. The molecule has 0 aromatic heterocycles. The van der Waals surface area contributed by atoms with Crippen LogP contribution >= 0.6 is 0 Å². The minimum Gasteiger partial charge on any atom is -0.343 e. The van der Waals surface area contributed by atoms with Gasteiger partial charge >= 0.3 is 0 Å². The van der Waals surface area contributed by atoms with Gasteiger partial charge in [0.1, 0.15) is 0 Å². The zero-order chi connectivity index (χ0) is 8.65. The second-order valence-electron chi connectivity index (χ2n) is 3.15. The van der Waals surface area contributed by atoms with Crippen LogP contribution in [-0.4, -0.2) is 0 Å². The SMILES string of the molecule is [CH2-]CCCCCc1ccccc1.[Y]. The van der Waals surface area contributed by atoms with E-state index in [0.717, 1.165) is 6.42 Å². The molecule has 0 spiro atoms. The predicted molar refractivity (Wildman–Crippen MR) is 54.0 cm³/mol. The summed E-state index contributed by atoms with van der Waals surface area (Å²) in [5.41, 5.74) is 1.46. The van der Waals surface area contributed by atoms with Crippen LogP contribution in [-0.2, 0) is 39.1 Å². The van der Waals surface area contributed by atoms with Crippen LogP contribution in [0.25, 0.3) is 0 Å². The number of unbranched alkanes of at least 4 members (excludes halogenated alkanes) is 3. The molecule has 0 atom stereocenters. The zero-order valence-electron chi connectivity index (χ0n) is 8.21. The topological polar surface area (TPSA) is 0 Å². The number of rotatable bonds is 5. The molecule has 0 N–H and O–H groups in total. The van der Waals surface area contributed by atoms with Crippen molar-refractivity contribution in [2.24, 2.45) is 0 Å². The van der Waals surface area contributed by atoms with Crippen LogP contribution < -0.4 is 0 Å². The van der Waals surface area contributed by atoms with Crippen molar-refractivity contribution in [3.8, 4) is 0 Å². The molecule has 0 bridgehead atoms. The minimum absolute atomic E-state index is 0. The third-order valence-electron chi connectivity index (χ3n) is 2.06. The van der Waals surface area contributed by atoms with E-state index in [1.54, 1.807) is 0 Å². The van der Waals surface area contributed by atoms with E-state index < -0.39 is 0 Å². The molecule has 0 aliphatic heterocycles. The fourth-order valence-corrected chi connectivity index (χ4v) is 1.33. The van der Waals surface area contributed by atoms with E-state index in [9.17, 15) is 0 Å². The Morgan fingerprint density at radius 1 is 0.923 bits per heavy atom. The van der Waals surface area contributed by atoms with Crippen molar-refractivity contribution < 1.29 is 32.7 Å². The average molecular weight is 250 g/mol. The van der Waals surface area contributed by atoms with Crippen molar-refractivity contribution >= 4 is 0 Å². The summed E-state index contributed by atoms with van der Waals surface area (Å²) in [6.07, 6.45) is 6.19. The molecule has 0 aliphatic rings. The Labute approximate surface area is 107 Å². The Kier molecular flexibility index (Phi) is 9.12. The summed E-state index contributed by atoms with van der Waals surface area (Å²) in [6, 6.07) is 10.7. The molecular weight excluding hydrogens is 233 g/mol.